The molecule has 0 spiro atoms. The molecule has 1 aromatic carbocycles. The van der Waals surface area contributed by atoms with E-state index in [1.165, 1.54) is 13.4 Å². The Morgan fingerprint density at radius 2 is 2.00 bits per heavy atom. The third kappa shape index (κ3) is 2.28. The van der Waals surface area contributed by atoms with E-state index in [0.717, 1.165) is 5.56 Å². The van der Waals surface area contributed by atoms with Gasteiger partial charge in [-0.25, -0.2) is 8.42 Å². The smallest absolute Gasteiger partial charge is 0.152 e. The lowest BCUT2D eigenvalue weighted by Crippen LogP contribution is -2.32. The van der Waals surface area contributed by atoms with E-state index in [-0.39, 0.29) is 17.5 Å². The van der Waals surface area contributed by atoms with E-state index in [1.54, 1.807) is 0 Å². The predicted molar refractivity (Wildman–Crippen MR) is 78.9 cm³/mol. The summed E-state index contributed by atoms with van der Waals surface area (Å²) in [6, 6.07) is 9.45. The van der Waals surface area contributed by atoms with Crippen LogP contribution in [-0.4, -0.2) is 38.6 Å². The second-order valence-corrected chi connectivity index (χ2v) is 7.58. The van der Waals surface area contributed by atoms with Crippen molar-refractivity contribution in [3.63, 3.8) is 0 Å². The number of benzene rings is 1. The van der Waals surface area contributed by atoms with E-state index in [1.807, 2.05) is 30.3 Å². The molecule has 4 nitrogen and oxygen atoms in total. The molecule has 1 fully saturated rings. The van der Waals surface area contributed by atoms with Crippen LogP contribution in [0.5, 0.6) is 0 Å². The molecule has 1 saturated carbocycles. The minimum atomic E-state index is -3.25. The second kappa shape index (κ2) is 4.85. The zero-order chi connectivity index (χ0) is 14.3. The highest BCUT2D eigenvalue weighted by Gasteiger charge is 2.71. The molecule has 104 valence electrons. The second-order valence-electron chi connectivity index (χ2n) is 4.98. The molecule has 0 saturated heterocycles. The summed E-state index contributed by atoms with van der Waals surface area (Å²) in [5.74, 6) is -0.221. The summed E-state index contributed by atoms with van der Waals surface area (Å²) in [4.78, 5) is 0.207. The summed E-state index contributed by atoms with van der Waals surface area (Å²) in [6.07, 6.45) is 1.23. The Labute approximate surface area is 118 Å². The fourth-order valence-electron chi connectivity index (χ4n) is 2.94. The fourth-order valence-corrected chi connectivity index (χ4v) is 5.25. The standard InChI is InChI=1S/C13H17NO3S2/c1-17-8-13(12(14)18)10(11(13)19(2,15)16)9-6-4-3-5-7-9/h3-7,10-11H,8H2,1-2H3,(H2,14,18). The average Bonchev–Trinajstić information content (AvgIpc) is 3.01. The van der Waals surface area contributed by atoms with Gasteiger partial charge in [0.1, 0.15) is 0 Å². The number of ether oxygens (including phenoxy) is 1. The Hall–Kier alpha value is -0.980. The van der Waals surface area contributed by atoms with Crippen molar-refractivity contribution < 1.29 is 13.2 Å². The number of hydrogen-bond donors (Lipinski definition) is 1. The molecule has 1 aromatic rings. The van der Waals surface area contributed by atoms with Crippen molar-refractivity contribution >= 4 is 27.0 Å². The first-order valence-electron chi connectivity index (χ1n) is 5.88. The van der Waals surface area contributed by atoms with Crippen molar-refractivity contribution in [1.29, 1.82) is 0 Å². The van der Waals surface area contributed by atoms with Crippen molar-refractivity contribution in [2.75, 3.05) is 20.0 Å². The van der Waals surface area contributed by atoms with Gasteiger partial charge in [-0.2, -0.15) is 0 Å². The summed E-state index contributed by atoms with van der Waals surface area (Å²) in [5, 5.41) is -0.597. The van der Waals surface area contributed by atoms with E-state index in [9.17, 15) is 8.42 Å². The van der Waals surface area contributed by atoms with E-state index < -0.39 is 20.5 Å². The fraction of sp³-hybridized carbons (Fsp3) is 0.462. The Bertz CT molecular complexity index is 585. The van der Waals surface area contributed by atoms with Crippen molar-refractivity contribution in [3.8, 4) is 0 Å². The molecule has 0 aliphatic heterocycles. The third-order valence-electron chi connectivity index (χ3n) is 3.72. The van der Waals surface area contributed by atoms with Crippen LogP contribution in [0.1, 0.15) is 11.5 Å². The normalized spacial score (nSPS) is 30.0. The topological polar surface area (TPSA) is 69.4 Å². The molecule has 2 N–H and O–H groups in total. The summed E-state index contributed by atoms with van der Waals surface area (Å²) in [7, 11) is -1.72. The Balaban J connectivity index is 2.50. The van der Waals surface area contributed by atoms with Crippen LogP contribution < -0.4 is 5.73 Å². The molecular weight excluding hydrogens is 282 g/mol. The summed E-state index contributed by atoms with van der Waals surface area (Å²) >= 11 is 5.12. The first kappa shape index (κ1) is 14.4. The molecule has 1 aliphatic rings. The lowest BCUT2D eigenvalue weighted by atomic mass is 10.00. The molecular formula is C13H17NO3S2. The summed E-state index contributed by atoms with van der Waals surface area (Å²) < 4.78 is 29.2. The van der Waals surface area contributed by atoms with Crippen molar-refractivity contribution in [2.45, 2.75) is 11.2 Å². The highest BCUT2D eigenvalue weighted by Crippen LogP contribution is 2.63. The first-order chi connectivity index (χ1) is 8.85. The van der Waals surface area contributed by atoms with Gasteiger partial charge in [0.25, 0.3) is 0 Å². The minimum absolute atomic E-state index is 0.207. The molecule has 0 aromatic heterocycles. The molecule has 0 radical (unpaired) electrons. The number of hydrogen-bond acceptors (Lipinski definition) is 4. The lowest BCUT2D eigenvalue weighted by Gasteiger charge is -2.15. The van der Waals surface area contributed by atoms with Gasteiger partial charge in [-0.15, -0.1) is 0 Å². The molecule has 3 atom stereocenters. The SMILES string of the molecule is COCC1(C(N)=S)C(c2ccccc2)C1S(C)(=O)=O. The van der Waals surface area contributed by atoms with Crippen LogP contribution in [0.4, 0.5) is 0 Å². The zero-order valence-electron chi connectivity index (χ0n) is 10.9. The lowest BCUT2D eigenvalue weighted by molar-refractivity contribution is 0.166. The van der Waals surface area contributed by atoms with Gasteiger partial charge in [-0.05, 0) is 5.56 Å². The van der Waals surface area contributed by atoms with Crippen LogP contribution in [0.2, 0.25) is 0 Å². The average molecular weight is 299 g/mol. The van der Waals surface area contributed by atoms with Crippen LogP contribution in [0.25, 0.3) is 0 Å². The van der Waals surface area contributed by atoms with Gasteiger partial charge in [0.05, 0.1) is 22.3 Å². The summed E-state index contributed by atoms with van der Waals surface area (Å²) in [6.45, 7) is 0.222. The van der Waals surface area contributed by atoms with Crippen LogP contribution >= 0.6 is 12.2 Å². The number of thiocarbonyl (C=S) groups is 1. The van der Waals surface area contributed by atoms with Gasteiger partial charge in [-0.1, -0.05) is 42.5 Å². The number of methoxy groups -OCH3 is 1. The first-order valence-corrected chi connectivity index (χ1v) is 8.24. The van der Waals surface area contributed by atoms with Gasteiger partial charge in [0.15, 0.2) is 9.84 Å². The maximum Gasteiger partial charge on any atom is 0.152 e. The Morgan fingerprint density at radius 1 is 1.42 bits per heavy atom. The van der Waals surface area contributed by atoms with Gasteiger partial charge in [0, 0.05) is 19.3 Å². The predicted octanol–water partition coefficient (Wildman–Crippen LogP) is 1.12. The van der Waals surface area contributed by atoms with Crippen LogP contribution in [0.15, 0.2) is 30.3 Å². The van der Waals surface area contributed by atoms with Crippen LogP contribution in [0, 0.1) is 5.41 Å². The van der Waals surface area contributed by atoms with Crippen molar-refractivity contribution in [2.24, 2.45) is 11.1 Å². The number of rotatable bonds is 5. The highest BCUT2D eigenvalue weighted by molar-refractivity contribution is 7.92. The number of sulfone groups is 1. The van der Waals surface area contributed by atoms with E-state index >= 15 is 0 Å². The van der Waals surface area contributed by atoms with Gasteiger partial charge in [-0.3, -0.25) is 0 Å². The molecule has 6 heteroatoms. The largest absolute Gasteiger partial charge is 0.393 e. The quantitative estimate of drug-likeness (QED) is 0.825. The van der Waals surface area contributed by atoms with Crippen LogP contribution in [0.3, 0.4) is 0 Å². The molecule has 2 rings (SSSR count). The van der Waals surface area contributed by atoms with Gasteiger partial charge >= 0.3 is 0 Å². The maximum atomic E-state index is 12.0. The van der Waals surface area contributed by atoms with Crippen molar-refractivity contribution in [1.82, 2.24) is 0 Å². The van der Waals surface area contributed by atoms with E-state index in [2.05, 4.69) is 0 Å². The van der Waals surface area contributed by atoms with E-state index in [4.69, 9.17) is 22.7 Å². The monoisotopic (exact) mass is 299 g/mol. The number of nitrogens with two attached hydrogens (primary N) is 1. The zero-order valence-corrected chi connectivity index (χ0v) is 12.5. The Morgan fingerprint density at radius 3 is 2.42 bits per heavy atom. The minimum Gasteiger partial charge on any atom is -0.393 e. The third-order valence-corrected chi connectivity index (χ3v) is 5.71. The van der Waals surface area contributed by atoms with E-state index in [0.29, 0.717) is 0 Å². The maximum absolute atomic E-state index is 12.0. The van der Waals surface area contributed by atoms with Crippen molar-refractivity contribution in [3.05, 3.63) is 35.9 Å². The molecule has 0 amide bonds. The van der Waals surface area contributed by atoms with Gasteiger partial charge < -0.3 is 10.5 Å². The van der Waals surface area contributed by atoms with Gasteiger partial charge in [0.2, 0.25) is 0 Å². The highest BCUT2D eigenvalue weighted by atomic mass is 32.2. The molecule has 3 unspecified atom stereocenters. The molecule has 19 heavy (non-hydrogen) atoms. The molecule has 0 heterocycles. The molecule has 0 bridgehead atoms. The summed E-state index contributed by atoms with van der Waals surface area (Å²) in [5.41, 5.74) is 5.97. The van der Waals surface area contributed by atoms with Crippen LogP contribution in [-0.2, 0) is 14.6 Å². The Kier molecular flexibility index (Phi) is 3.68. The molecule has 1 aliphatic carbocycles.